The Labute approximate surface area is 202 Å². The van der Waals surface area contributed by atoms with E-state index in [0.717, 1.165) is 27.0 Å². The molecule has 0 aromatic heterocycles. The van der Waals surface area contributed by atoms with Crippen molar-refractivity contribution in [1.82, 2.24) is 10.2 Å². The fourth-order valence-corrected chi connectivity index (χ4v) is 4.36. The van der Waals surface area contributed by atoms with Gasteiger partial charge in [-0.3, -0.25) is 13.9 Å². The number of hydrogen-bond donors (Lipinski definition) is 1. The second-order valence-electron chi connectivity index (χ2n) is 7.36. The van der Waals surface area contributed by atoms with Crippen LogP contribution < -0.4 is 9.62 Å². The van der Waals surface area contributed by atoms with Crippen LogP contribution in [0.3, 0.4) is 0 Å². The van der Waals surface area contributed by atoms with Crippen molar-refractivity contribution in [2.75, 3.05) is 23.7 Å². The van der Waals surface area contributed by atoms with E-state index >= 15 is 0 Å². The van der Waals surface area contributed by atoms with Gasteiger partial charge < -0.3 is 10.2 Å². The van der Waals surface area contributed by atoms with Gasteiger partial charge in [-0.25, -0.2) is 8.42 Å². The van der Waals surface area contributed by atoms with Gasteiger partial charge >= 0.3 is 0 Å². The summed E-state index contributed by atoms with van der Waals surface area (Å²) in [5.74, 6) is -0.811. The van der Waals surface area contributed by atoms with Crippen LogP contribution in [0.25, 0.3) is 0 Å². The highest BCUT2D eigenvalue weighted by molar-refractivity contribution is 9.10. The standard InChI is InChI=1S/C22H27BrClN3O4S/c1-4-12-25-22(29)16(2)26(14-17-6-5-7-19(24)13-17)21(28)15-27(32(3,30)31)20-10-8-18(23)9-11-20/h5-11,13,16H,4,12,14-15H2,1-3H3,(H,25,29). The van der Waals surface area contributed by atoms with Gasteiger partial charge in [0.2, 0.25) is 21.8 Å². The summed E-state index contributed by atoms with van der Waals surface area (Å²) in [5, 5.41) is 3.30. The largest absolute Gasteiger partial charge is 0.354 e. The van der Waals surface area contributed by atoms with E-state index in [0.29, 0.717) is 17.3 Å². The Hall–Kier alpha value is -2.10. The SMILES string of the molecule is CCCNC(=O)C(C)N(Cc1cccc(Cl)c1)C(=O)CN(c1ccc(Br)cc1)S(C)(=O)=O. The van der Waals surface area contributed by atoms with E-state index in [1.165, 1.54) is 4.90 Å². The summed E-state index contributed by atoms with van der Waals surface area (Å²) >= 11 is 9.40. The van der Waals surface area contributed by atoms with Crippen molar-refractivity contribution < 1.29 is 18.0 Å². The predicted molar refractivity (Wildman–Crippen MR) is 131 cm³/mol. The minimum atomic E-state index is -3.75. The molecule has 0 aliphatic heterocycles. The molecular formula is C22H27BrClN3O4S. The lowest BCUT2D eigenvalue weighted by molar-refractivity contribution is -0.139. The summed E-state index contributed by atoms with van der Waals surface area (Å²) in [6.07, 6.45) is 1.80. The fourth-order valence-electron chi connectivity index (χ4n) is 3.03. The number of carbonyl (C=O) groups excluding carboxylic acids is 2. The third-order valence-electron chi connectivity index (χ3n) is 4.75. The second kappa shape index (κ2) is 11.7. The zero-order chi connectivity index (χ0) is 23.9. The molecule has 0 bridgehead atoms. The molecule has 7 nitrogen and oxygen atoms in total. The Morgan fingerprint density at radius 3 is 2.38 bits per heavy atom. The Balaban J connectivity index is 2.35. The number of sulfonamides is 1. The molecule has 2 aromatic carbocycles. The molecule has 0 radical (unpaired) electrons. The number of rotatable bonds is 10. The molecule has 32 heavy (non-hydrogen) atoms. The third-order valence-corrected chi connectivity index (χ3v) is 6.66. The topological polar surface area (TPSA) is 86.8 Å². The van der Waals surface area contributed by atoms with Crippen molar-refractivity contribution in [2.45, 2.75) is 32.9 Å². The van der Waals surface area contributed by atoms with E-state index in [9.17, 15) is 18.0 Å². The molecule has 0 saturated carbocycles. The maximum Gasteiger partial charge on any atom is 0.244 e. The maximum absolute atomic E-state index is 13.3. The molecule has 1 atom stereocenters. The van der Waals surface area contributed by atoms with E-state index in [4.69, 9.17) is 11.6 Å². The Bertz CT molecular complexity index is 1050. The first-order valence-electron chi connectivity index (χ1n) is 10.1. The lowest BCUT2D eigenvalue weighted by Crippen LogP contribution is -2.51. The van der Waals surface area contributed by atoms with Crippen molar-refractivity contribution in [3.63, 3.8) is 0 Å². The summed E-state index contributed by atoms with van der Waals surface area (Å²) in [6, 6.07) is 12.8. The number of benzene rings is 2. The van der Waals surface area contributed by atoms with Gasteiger partial charge in [0.25, 0.3) is 0 Å². The third kappa shape index (κ3) is 7.50. The van der Waals surface area contributed by atoms with Gasteiger partial charge in [0.15, 0.2) is 0 Å². The molecule has 0 aliphatic rings. The molecule has 174 valence electrons. The van der Waals surface area contributed by atoms with Crippen LogP contribution in [-0.4, -0.2) is 50.5 Å². The quantitative estimate of drug-likeness (QED) is 0.493. The average molecular weight is 545 g/mol. The number of hydrogen-bond acceptors (Lipinski definition) is 4. The van der Waals surface area contributed by atoms with Crippen molar-refractivity contribution in [3.05, 3.63) is 63.6 Å². The Morgan fingerprint density at radius 1 is 1.16 bits per heavy atom. The molecular weight excluding hydrogens is 518 g/mol. The van der Waals surface area contributed by atoms with Crippen molar-refractivity contribution in [2.24, 2.45) is 0 Å². The van der Waals surface area contributed by atoms with Gasteiger partial charge in [-0.15, -0.1) is 0 Å². The zero-order valence-electron chi connectivity index (χ0n) is 18.2. The maximum atomic E-state index is 13.3. The number of amides is 2. The number of halogens is 2. The molecule has 0 spiro atoms. The van der Waals surface area contributed by atoms with Crippen LogP contribution in [0.2, 0.25) is 5.02 Å². The summed E-state index contributed by atoms with van der Waals surface area (Å²) in [6.45, 7) is 3.71. The second-order valence-corrected chi connectivity index (χ2v) is 10.6. The van der Waals surface area contributed by atoms with E-state index < -0.39 is 28.5 Å². The fraction of sp³-hybridized carbons (Fsp3) is 0.364. The highest BCUT2D eigenvalue weighted by Crippen LogP contribution is 2.22. The molecule has 0 aliphatic carbocycles. The Morgan fingerprint density at radius 2 is 1.81 bits per heavy atom. The minimum absolute atomic E-state index is 0.109. The molecule has 1 N–H and O–H groups in total. The molecule has 10 heteroatoms. The van der Waals surface area contributed by atoms with Crippen molar-refractivity contribution >= 4 is 55.1 Å². The van der Waals surface area contributed by atoms with Gasteiger partial charge in [0, 0.05) is 22.6 Å². The predicted octanol–water partition coefficient (Wildman–Crippen LogP) is 3.81. The first kappa shape index (κ1) is 26.2. The number of carbonyl (C=O) groups is 2. The van der Waals surface area contributed by atoms with E-state index in [1.807, 2.05) is 6.92 Å². The lowest BCUT2D eigenvalue weighted by Gasteiger charge is -2.31. The van der Waals surface area contributed by atoms with Gasteiger partial charge in [-0.05, 0) is 55.3 Å². The molecule has 1 unspecified atom stereocenters. The van der Waals surface area contributed by atoms with E-state index in [2.05, 4.69) is 21.2 Å². The minimum Gasteiger partial charge on any atom is -0.354 e. The number of nitrogens with one attached hydrogen (secondary N) is 1. The molecule has 2 rings (SSSR count). The normalized spacial score (nSPS) is 12.2. The van der Waals surface area contributed by atoms with Crippen LogP contribution in [0.1, 0.15) is 25.8 Å². The monoisotopic (exact) mass is 543 g/mol. The van der Waals surface area contributed by atoms with Crippen LogP contribution in [-0.2, 0) is 26.2 Å². The first-order valence-corrected chi connectivity index (χ1v) is 13.1. The molecule has 2 amide bonds. The van der Waals surface area contributed by atoms with Crippen molar-refractivity contribution in [3.8, 4) is 0 Å². The van der Waals surface area contributed by atoms with Gasteiger partial charge in [-0.2, -0.15) is 0 Å². The smallest absolute Gasteiger partial charge is 0.244 e. The summed E-state index contributed by atoms with van der Waals surface area (Å²) in [4.78, 5) is 27.3. The number of nitrogens with zero attached hydrogens (tertiary/aromatic N) is 2. The van der Waals surface area contributed by atoms with Gasteiger partial charge in [0.1, 0.15) is 12.6 Å². The highest BCUT2D eigenvalue weighted by atomic mass is 79.9. The van der Waals surface area contributed by atoms with Crippen LogP contribution in [0.4, 0.5) is 5.69 Å². The summed E-state index contributed by atoms with van der Waals surface area (Å²) < 4.78 is 26.8. The molecule has 0 saturated heterocycles. The number of anilines is 1. The van der Waals surface area contributed by atoms with Crippen LogP contribution in [0.5, 0.6) is 0 Å². The highest BCUT2D eigenvalue weighted by Gasteiger charge is 2.30. The van der Waals surface area contributed by atoms with Gasteiger partial charge in [-0.1, -0.05) is 46.6 Å². The molecule has 0 heterocycles. The van der Waals surface area contributed by atoms with Crippen LogP contribution in [0, 0.1) is 0 Å². The van der Waals surface area contributed by atoms with Crippen molar-refractivity contribution in [1.29, 1.82) is 0 Å². The first-order chi connectivity index (χ1) is 15.0. The van der Waals surface area contributed by atoms with E-state index in [-0.39, 0.29) is 12.5 Å². The van der Waals surface area contributed by atoms with Gasteiger partial charge in [0.05, 0.1) is 11.9 Å². The van der Waals surface area contributed by atoms with E-state index in [1.54, 1.807) is 55.5 Å². The molecule has 2 aromatic rings. The molecule has 0 fully saturated rings. The van der Waals surface area contributed by atoms with Crippen LogP contribution in [0.15, 0.2) is 53.0 Å². The summed E-state index contributed by atoms with van der Waals surface area (Å²) in [5.41, 5.74) is 1.09. The lowest BCUT2D eigenvalue weighted by atomic mass is 10.1. The zero-order valence-corrected chi connectivity index (χ0v) is 21.4. The van der Waals surface area contributed by atoms with Crippen LogP contribution >= 0.6 is 27.5 Å². The summed E-state index contributed by atoms with van der Waals surface area (Å²) in [7, 11) is -3.75. The Kier molecular flexibility index (Phi) is 9.54. The average Bonchev–Trinajstić information content (AvgIpc) is 2.73.